The topological polar surface area (TPSA) is 69.6 Å². The number of piperidine rings is 1. The molecule has 1 unspecified atom stereocenters. The van der Waals surface area contributed by atoms with Crippen LogP contribution in [0.2, 0.25) is 0 Å². The standard InChI is InChI=1S/C16H19FN2O3/c17-12-5-3-10(4-6-12)13-8-14(13)18-16(22)19-7-1-2-11(9-19)15(20)21/h3-6,11,13-14H,1-2,7-9H2,(H,18,22)(H,20,21)/t11?,13-,14+/m0/s1. The maximum absolute atomic E-state index is 12.9. The Morgan fingerprint density at radius 1 is 1.27 bits per heavy atom. The summed E-state index contributed by atoms with van der Waals surface area (Å²) in [6.45, 7) is 0.874. The van der Waals surface area contributed by atoms with E-state index in [1.807, 2.05) is 0 Å². The lowest BCUT2D eigenvalue weighted by Gasteiger charge is -2.30. The highest BCUT2D eigenvalue weighted by atomic mass is 19.1. The molecule has 1 saturated heterocycles. The van der Waals surface area contributed by atoms with E-state index in [4.69, 9.17) is 5.11 Å². The molecule has 1 saturated carbocycles. The van der Waals surface area contributed by atoms with Gasteiger partial charge in [0.15, 0.2) is 0 Å². The van der Waals surface area contributed by atoms with Crippen molar-refractivity contribution in [2.75, 3.05) is 13.1 Å². The Bertz CT molecular complexity index is 575. The van der Waals surface area contributed by atoms with Crippen LogP contribution in [0.4, 0.5) is 9.18 Å². The molecule has 0 bridgehead atoms. The van der Waals surface area contributed by atoms with Crippen molar-refractivity contribution in [3.05, 3.63) is 35.6 Å². The molecule has 2 amide bonds. The zero-order chi connectivity index (χ0) is 15.7. The predicted octanol–water partition coefficient (Wildman–Crippen LogP) is 2.19. The molecule has 1 heterocycles. The predicted molar refractivity (Wildman–Crippen MR) is 78.0 cm³/mol. The smallest absolute Gasteiger partial charge is 0.317 e. The number of urea groups is 1. The van der Waals surface area contributed by atoms with Gasteiger partial charge in [-0.05, 0) is 37.0 Å². The van der Waals surface area contributed by atoms with Crippen molar-refractivity contribution in [3.8, 4) is 0 Å². The van der Waals surface area contributed by atoms with Crippen molar-refractivity contribution in [1.82, 2.24) is 10.2 Å². The van der Waals surface area contributed by atoms with E-state index in [1.54, 1.807) is 17.0 Å². The monoisotopic (exact) mass is 306 g/mol. The number of hydrogen-bond acceptors (Lipinski definition) is 2. The van der Waals surface area contributed by atoms with Gasteiger partial charge in [0.1, 0.15) is 5.82 Å². The van der Waals surface area contributed by atoms with Gasteiger partial charge in [-0.1, -0.05) is 12.1 Å². The summed E-state index contributed by atoms with van der Waals surface area (Å²) in [5, 5.41) is 12.0. The summed E-state index contributed by atoms with van der Waals surface area (Å²) in [6.07, 6.45) is 2.19. The number of carbonyl (C=O) groups is 2. The summed E-state index contributed by atoms with van der Waals surface area (Å²) in [5.41, 5.74) is 1.02. The maximum atomic E-state index is 12.9. The average molecular weight is 306 g/mol. The van der Waals surface area contributed by atoms with E-state index in [-0.39, 0.29) is 30.4 Å². The second kappa shape index (κ2) is 5.94. The number of carboxylic acid groups (broad SMARTS) is 1. The van der Waals surface area contributed by atoms with Crippen molar-refractivity contribution in [2.24, 2.45) is 5.92 Å². The molecule has 5 nitrogen and oxygen atoms in total. The van der Waals surface area contributed by atoms with Crippen LogP contribution >= 0.6 is 0 Å². The Hall–Kier alpha value is -2.11. The van der Waals surface area contributed by atoms with Gasteiger partial charge in [-0.15, -0.1) is 0 Å². The van der Waals surface area contributed by atoms with E-state index in [2.05, 4.69) is 5.32 Å². The van der Waals surface area contributed by atoms with Crippen LogP contribution in [0.1, 0.15) is 30.7 Å². The number of likely N-dealkylation sites (tertiary alicyclic amines) is 1. The summed E-state index contributed by atoms with van der Waals surface area (Å²) in [5.74, 6) is -1.35. The molecule has 6 heteroatoms. The molecule has 0 spiro atoms. The van der Waals surface area contributed by atoms with E-state index in [1.165, 1.54) is 12.1 Å². The molecule has 22 heavy (non-hydrogen) atoms. The van der Waals surface area contributed by atoms with Crippen molar-refractivity contribution in [3.63, 3.8) is 0 Å². The highest BCUT2D eigenvalue weighted by Crippen LogP contribution is 2.40. The molecule has 0 aromatic heterocycles. The molecule has 3 atom stereocenters. The van der Waals surface area contributed by atoms with Gasteiger partial charge in [0.25, 0.3) is 0 Å². The minimum absolute atomic E-state index is 0.0585. The lowest BCUT2D eigenvalue weighted by atomic mass is 9.99. The van der Waals surface area contributed by atoms with E-state index in [0.717, 1.165) is 18.4 Å². The van der Waals surface area contributed by atoms with Gasteiger partial charge in [0.05, 0.1) is 5.92 Å². The first-order valence-electron chi connectivity index (χ1n) is 7.58. The van der Waals surface area contributed by atoms with Gasteiger partial charge in [-0.3, -0.25) is 4.79 Å². The molecule has 2 aliphatic rings. The Labute approximate surface area is 128 Å². The Morgan fingerprint density at radius 2 is 2.00 bits per heavy atom. The minimum atomic E-state index is -0.840. The Balaban J connectivity index is 1.53. The number of carboxylic acids is 1. The van der Waals surface area contributed by atoms with Crippen LogP contribution < -0.4 is 5.32 Å². The molecule has 118 valence electrons. The van der Waals surface area contributed by atoms with Gasteiger partial charge >= 0.3 is 12.0 Å². The maximum Gasteiger partial charge on any atom is 0.317 e. The largest absolute Gasteiger partial charge is 0.481 e. The molecule has 2 N–H and O–H groups in total. The number of rotatable bonds is 3. The number of carbonyl (C=O) groups excluding carboxylic acids is 1. The number of benzene rings is 1. The molecule has 3 rings (SSSR count). The summed E-state index contributed by atoms with van der Waals surface area (Å²) in [6, 6.07) is 6.20. The van der Waals surface area contributed by atoms with Crippen molar-refractivity contribution >= 4 is 12.0 Å². The van der Waals surface area contributed by atoms with Crippen LogP contribution in [0.25, 0.3) is 0 Å². The summed E-state index contributed by atoms with van der Waals surface area (Å²) in [4.78, 5) is 24.8. The quantitative estimate of drug-likeness (QED) is 0.899. The van der Waals surface area contributed by atoms with Gasteiger partial charge in [-0.2, -0.15) is 0 Å². The molecule has 1 aromatic rings. The Kier molecular flexibility index (Phi) is 4.00. The SMILES string of the molecule is O=C(O)C1CCCN(C(=O)N[C@@H]2C[C@H]2c2ccc(F)cc2)C1. The van der Waals surface area contributed by atoms with Crippen LogP contribution in [-0.2, 0) is 4.79 Å². The van der Waals surface area contributed by atoms with Crippen LogP contribution in [0, 0.1) is 11.7 Å². The highest BCUT2D eigenvalue weighted by Gasteiger charge is 2.40. The number of halogens is 1. The van der Waals surface area contributed by atoms with Crippen LogP contribution in [-0.4, -0.2) is 41.1 Å². The lowest BCUT2D eigenvalue weighted by molar-refractivity contribution is -0.143. The summed E-state index contributed by atoms with van der Waals surface area (Å²) in [7, 11) is 0. The van der Waals surface area contributed by atoms with Crippen LogP contribution in [0.15, 0.2) is 24.3 Å². The fourth-order valence-corrected chi connectivity index (χ4v) is 3.05. The van der Waals surface area contributed by atoms with E-state index >= 15 is 0 Å². The van der Waals surface area contributed by atoms with E-state index in [0.29, 0.717) is 13.0 Å². The van der Waals surface area contributed by atoms with Crippen LogP contribution in [0.3, 0.4) is 0 Å². The average Bonchev–Trinajstić information content (AvgIpc) is 3.27. The molecule has 1 aromatic carbocycles. The fourth-order valence-electron chi connectivity index (χ4n) is 3.05. The first kappa shape index (κ1) is 14.8. The molecular formula is C16H19FN2O3. The third-order valence-corrected chi connectivity index (χ3v) is 4.46. The molecular weight excluding hydrogens is 287 g/mol. The third-order valence-electron chi connectivity index (χ3n) is 4.46. The second-order valence-corrected chi connectivity index (χ2v) is 6.07. The van der Waals surface area contributed by atoms with Crippen LogP contribution in [0.5, 0.6) is 0 Å². The lowest BCUT2D eigenvalue weighted by Crippen LogP contribution is -2.47. The normalized spacial score (nSPS) is 27.3. The summed E-state index contributed by atoms with van der Waals surface area (Å²) >= 11 is 0. The van der Waals surface area contributed by atoms with Gasteiger partial charge < -0.3 is 15.3 Å². The van der Waals surface area contributed by atoms with Crippen molar-refractivity contribution in [1.29, 1.82) is 0 Å². The number of aliphatic carboxylic acids is 1. The molecule has 1 aliphatic carbocycles. The number of hydrogen-bond donors (Lipinski definition) is 2. The summed E-state index contributed by atoms with van der Waals surface area (Å²) < 4.78 is 12.9. The Morgan fingerprint density at radius 3 is 2.68 bits per heavy atom. The van der Waals surface area contributed by atoms with Crippen molar-refractivity contribution in [2.45, 2.75) is 31.2 Å². The minimum Gasteiger partial charge on any atom is -0.481 e. The zero-order valence-corrected chi connectivity index (χ0v) is 12.2. The van der Waals surface area contributed by atoms with Gasteiger partial charge in [0, 0.05) is 25.0 Å². The van der Waals surface area contributed by atoms with E-state index in [9.17, 15) is 14.0 Å². The first-order chi connectivity index (χ1) is 10.5. The number of nitrogens with one attached hydrogen (secondary N) is 1. The number of amides is 2. The highest BCUT2D eigenvalue weighted by molar-refractivity contribution is 5.77. The zero-order valence-electron chi connectivity index (χ0n) is 12.2. The second-order valence-electron chi connectivity index (χ2n) is 6.07. The van der Waals surface area contributed by atoms with Gasteiger partial charge in [0.2, 0.25) is 0 Å². The first-order valence-corrected chi connectivity index (χ1v) is 7.58. The van der Waals surface area contributed by atoms with Crippen molar-refractivity contribution < 1.29 is 19.1 Å². The number of nitrogens with zero attached hydrogens (tertiary/aromatic N) is 1. The fraction of sp³-hybridized carbons (Fsp3) is 0.500. The molecule has 2 fully saturated rings. The molecule has 1 aliphatic heterocycles. The van der Waals surface area contributed by atoms with E-state index < -0.39 is 11.9 Å². The van der Waals surface area contributed by atoms with Gasteiger partial charge in [-0.25, -0.2) is 9.18 Å². The molecule has 0 radical (unpaired) electrons. The third kappa shape index (κ3) is 3.21.